The summed E-state index contributed by atoms with van der Waals surface area (Å²) in [6.07, 6.45) is 2.03. The van der Waals surface area contributed by atoms with Crippen LogP contribution in [-0.4, -0.2) is 24.1 Å². The van der Waals surface area contributed by atoms with Crippen LogP contribution in [0.3, 0.4) is 0 Å². The number of benzene rings is 2. The van der Waals surface area contributed by atoms with Crippen molar-refractivity contribution >= 4 is 23.6 Å². The van der Waals surface area contributed by atoms with Gasteiger partial charge < -0.3 is 10.6 Å². The largest absolute Gasteiger partial charge is 0.348 e. The summed E-state index contributed by atoms with van der Waals surface area (Å²) in [5, 5.41) is 5.90. The van der Waals surface area contributed by atoms with Crippen LogP contribution in [0.15, 0.2) is 53.4 Å². The number of thioether (sulfide) groups is 1. The van der Waals surface area contributed by atoms with E-state index < -0.39 is 6.04 Å². The van der Waals surface area contributed by atoms with Crippen molar-refractivity contribution in [3.8, 4) is 0 Å². The molecule has 0 heterocycles. The van der Waals surface area contributed by atoms with Crippen LogP contribution in [0.1, 0.15) is 48.3 Å². The van der Waals surface area contributed by atoms with E-state index in [0.717, 1.165) is 11.1 Å². The third-order valence-corrected chi connectivity index (χ3v) is 5.23. The highest BCUT2D eigenvalue weighted by atomic mass is 32.2. The maximum absolute atomic E-state index is 12.8. The Morgan fingerprint density at radius 1 is 0.963 bits per heavy atom. The zero-order valence-corrected chi connectivity index (χ0v) is 17.4. The van der Waals surface area contributed by atoms with Gasteiger partial charge in [0.15, 0.2) is 0 Å². The minimum atomic E-state index is -0.592. The van der Waals surface area contributed by atoms with Crippen LogP contribution >= 0.6 is 11.8 Å². The SMILES string of the molecule is CSc1ccc(C(C)NC(=O)C(NC(=O)c2cccc(C)c2)C(C)C)cc1. The highest BCUT2D eigenvalue weighted by Gasteiger charge is 2.26. The quantitative estimate of drug-likeness (QED) is 0.698. The van der Waals surface area contributed by atoms with Crippen LogP contribution < -0.4 is 10.6 Å². The van der Waals surface area contributed by atoms with E-state index in [1.165, 1.54) is 4.90 Å². The molecule has 0 aliphatic rings. The molecule has 2 rings (SSSR count). The molecule has 2 N–H and O–H groups in total. The predicted molar refractivity (Wildman–Crippen MR) is 112 cm³/mol. The Hall–Kier alpha value is -2.27. The third kappa shape index (κ3) is 5.86. The Morgan fingerprint density at radius 2 is 1.63 bits per heavy atom. The van der Waals surface area contributed by atoms with E-state index in [2.05, 4.69) is 10.6 Å². The Morgan fingerprint density at radius 3 is 2.19 bits per heavy atom. The van der Waals surface area contributed by atoms with Crippen LogP contribution in [0.4, 0.5) is 0 Å². The second-order valence-corrected chi connectivity index (χ2v) is 7.95. The molecule has 0 saturated carbocycles. The molecule has 5 heteroatoms. The maximum Gasteiger partial charge on any atom is 0.251 e. The van der Waals surface area contributed by atoms with Gasteiger partial charge in [0.2, 0.25) is 5.91 Å². The summed E-state index contributed by atoms with van der Waals surface area (Å²) in [4.78, 5) is 26.5. The second-order valence-electron chi connectivity index (χ2n) is 7.07. The normalized spacial score (nSPS) is 13.1. The summed E-state index contributed by atoms with van der Waals surface area (Å²) in [5.74, 6) is -0.429. The lowest BCUT2D eigenvalue weighted by Gasteiger charge is -2.24. The molecule has 2 aromatic rings. The van der Waals surface area contributed by atoms with Gasteiger partial charge in [-0.1, -0.05) is 43.7 Å². The molecule has 2 aromatic carbocycles. The number of carbonyl (C=O) groups excluding carboxylic acids is 2. The highest BCUT2D eigenvalue weighted by Crippen LogP contribution is 2.19. The molecule has 0 aromatic heterocycles. The summed E-state index contributed by atoms with van der Waals surface area (Å²) in [7, 11) is 0. The van der Waals surface area contributed by atoms with E-state index in [0.29, 0.717) is 5.56 Å². The standard InChI is InChI=1S/C22H28N2O2S/c1-14(2)20(24-21(25)18-8-6-7-15(3)13-18)22(26)23-16(4)17-9-11-19(27-5)12-10-17/h6-14,16,20H,1-5H3,(H,23,26)(H,24,25). The molecule has 144 valence electrons. The summed E-state index contributed by atoms with van der Waals surface area (Å²) in [6, 6.07) is 14.8. The first kappa shape index (κ1) is 21.0. The number of aryl methyl sites for hydroxylation is 1. The van der Waals surface area contributed by atoms with E-state index in [1.807, 2.05) is 76.4 Å². The molecule has 2 unspecified atom stereocenters. The maximum atomic E-state index is 12.8. The molecule has 4 nitrogen and oxygen atoms in total. The van der Waals surface area contributed by atoms with Crippen molar-refractivity contribution in [2.75, 3.05) is 6.26 Å². The van der Waals surface area contributed by atoms with E-state index in [1.54, 1.807) is 17.8 Å². The molecule has 0 spiro atoms. The molecule has 0 radical (unpaired) electrons. The Kier molecular flexibility index (Phi) is 7.48. The third-order valence-electron chi connectivity index (χ3n) is 4.49. The van der Waals surface area contributed by atoms with Gasteiger partial charge in [-0.05, 0) is 55.9 Å². The first-order chi connectivity index (χ1) is 12.8. The molecule has 0 saturated heterocycles. The van der Waals surface area contributed by atoms with Gasteiger partial charge in [-0.25, -0.2) is 0 Å². The van der Waals surface area contributed by atoms with Gasteiger partial charge in [0.05, 0.1) is 6.04 Å². The Bertz CT molecular complexity index is 787. The fourth-order valence-electron chi connectivity index (χ4n) is 2.82. The number of nitrogens with one attached hydrogen (secondary N) is 2. The molecule has 0 aliphatic carbocycles. The van der Waals surface area contributed by atoms with Crippen molar-refractivity contribution in [3.05, 3.63) is 65.2 Å². The Labute approximate surface area is 166 Å². The van der Waals surface area contributed by atoms with Gasteiger partial charge in [0.1, 0.15) is 6.04 Å². The number of carbonyl (C=O) groups is 2. The lowest BCUT2D eigenvalue weighted by molar-refractivity contribution is -0.124. The summed E-state index contributed by atoms with van der Waals surface area (Å²) in [6.45, 7) is 7.75. The molecule has 0 bridgehead atoms. The van der Waals surface area contributed by atoms with Crippen LogP contribution in [0.5, 0.6) is 0 Å². The zero-order chi connectivity index (χ0) is 20.0. The van der Waals surface area contributed by atoms with Gasteiger partial charge >= 0.3 is 0 Å². The number of amides is 2. The van der Waals surface area contributed by atoms with E-state index >= 15 is 0 Å². The van der Waals surface area contributed by atoms with Crippen LogP contribution in [0, 0.1) is 12.8 Å². The predicted octanol–water partition coefficient (Wildman–Crippen LogP) is 4.35. The number of hydrogen-bond acceptors (Lipinski definition) is 3. The van der Waals surface area contributed by atoms with Gasteiger partial charge in [0, 0.05) is 10.5 Å². The average molecular weight is 385 g/mol. The van der Waals surface area contributed by atoms with Crippen LogP contribution in [0.25, 0.3) is 0 Å². The summed E-state index contributed by atoms with van der Waals surface area (Å²) >= 11 is 1.68. The van der Waals surface area contributed by atoms with E-state index in [-0.39, 0.29) is 23.8 Å². The zero-order valence-electron chi connectivity index (χ0n) is 16.6. The fraction of sp³-hybridized carbons (Fsp3) is 0.364. The molecular weight excluding hydrogens is 356 g/mol. The number of rotatable bonds is 7. The van der Waals surface area contributed by atoms with Crippen molar-refractivity contribution in [1.29, 1.82) is 0 Å². The minimum absolute atomic E-state index is 0.0233. The van der Waals surface area contributed by atoms with Crippen LogP contribution in [-0.2, 0) is 4.79 Å². The monoisotopic (exact) mass is 384 g/mol. The first-order valence-corrected chi connectivity index (χ1v) is 10.4. The number of hydrogen-bond donors (Lipinski definition) is 2. The topological polar surface area (TPSA) is 58.2 Å². The minimum Gasteiger partial charge on any atom is -0.348 e. The van der Waals surface area contributed by atoms with Crippen molar-refractivity contribution in [3.63, 3.8) is 0 Å². The molecule has 27 heavy (non-hydrogen) atoms. The van der Waals surface area contributed by atoms with Gasteiger partial charge in [-0.3, -0.25) is 9.59 Å². The second kappa shape index (κ2) is 9.60. The van der Waals surface area contributed by atoms with Gasteiger partial charge in [-0.15, -0.1) is 11.8 Å². The molecule has 0 fully saturated rings. The molecule has 0 aliphatic heterocycles. The fourth-order valence-corrected chi connectivity index (χ4v) is 3.23. The Balaban J connectivity index is 2.06. The summed E-state index contributed by atoms with van der Waals surface area (Å²) in [5.41, 5.74) is 2.61. The highest BCUT2D eigenvalue weighted by molar-refractivity contribution is 7.98. The molecule has 2 amide bonds. The lowest BCUT2D eigenvalue weighted by Crippen LogP contribution is -2.50. The smallest absolute Gasteiger partial charge is 0.251 e. The van der Waals surface area contributed by atoms with E-state index in [9.17, 15) is 9.59 Å². The summed E-state index contributed by atoms with van der Waals surface area (Å²) < 4.78 is 0. The average Bonchev–Trinajstić information content (AvgIpc) is 2.65. The first-order valence-electron chi connectivity index (χ1n) is 9.13. The van der Waals surface area contributed by atoms with Crippen molar-refractivity contribution in [2.24, 2.45) is 5.92 Å². The molecular formula is C22H28N2O2S. The van der Waals surface area contributed by atoms with Crippen molar-refractivity contribution < 1.29 is 9.59 Å². The van der Waals surface area contributed by atoms with E-state index in [4.69, 9.17) is 0 Å². The lowest BCUT2D eigenvalue weighted by atomic mass is 10.0. The van der Waals surface area contributed by atoms with Crippen molar-refractivity contribution in [2.45, 2.75) is 44.7 Å². The van der Waals surface area contributed by atoms with Crippen LogP contribution in [0.2, 0.25) is 0 Å². The van der Waals surface area contributed by atoms with Gasteiger partial charge in [-0.2, -0.15) is 0 Å². The van der Waals surface area contributed by atoms with Crippen molar-refractivity contribution in [1.82, 2.24) is 10.6 Å². The molecule has 2 atom stereocenters. The van der Waals surface area contributed by atoms with Gasteiger partial charge in [0.25, 0.3) is 5.91 Å².